The van der Waals surface area contributed by atoms with Crippen LogP contribution in [0.15, 0.2) is 66.9 Å². The van der Waals surface area contributed by atoms with Crippen molar-refractivity contribution in [2.45, 2.75) is 40.3 Å². The van der Waals surface area contributed by atoms with Crippen molar-refractivity contribution >= 4 is 10.8 Å². The van der Waals surface area contributed by atoms with E-state index in [9.17, 15) is 5.11 Å². The molecule has 0 saturated heterocycles. The van der Waals surface area contributed by atoms with E-state index in [4.69, 9.17) is 0 Å². The van der Waals surface area contributed by atoms with Crippen LogP contribution < -0.4 is 4.57 Å². The smallest absolute Gasteiger partial charge is 0.257 e. The van der Waals surface area contributed by atoms with Crippen molar-refractivity contribution in [1.29, 1.82) is 0 Å². The topological polar surface area (TPSA) is 24.1 Å². The molecule has 1 aliphatic rings. The van der Waals surface area contributed by atoms with Gasteiger partial charge < -0.3 is 5.11 Å². The molecular weight excluding hydrogens is 366 g/mol. The van der Waals surface area contributed by atoms with Crippen LogP contribution in [0.5, 0.6) is 0 Å². The fourth-order valence-electron chi connectivity index (χ4n) is 4.98. The lowest BCUT2D eigenvalue weighted by molar-refractivity contribution is -0.745. The Kier molecular flexibility index (Phi) is 4.48. The first-order valence-corrected chi connectivity index (χ1v) is 10.8. The zero-order chi connectivity index (χ0) is 21.0. The average molecular weight is 395 g/mol. The first kappa shape index (κ1) is 19.0. The van der Waals surface area contributed by atoms with E-state index in [1.165, 1.54) is 49.7 Å². The summed E-state index contributed by atoms with van der Waals surface area (Å²) in [6.07, 6.45) is 2.48. The molecule has 2 nitrogen and oxygen atoms in total. The second kappa shape index (κ2) is 7.07. The highest BCUT2D eigenvalue weighted by atomic mass is 16.3. The highest BCUT2D eigenvalue weighted by molar-refractivity contribution is 6.11. The summed E-state index contributed by atoms with van der Waals surface area (Å²) in [7, 11) is 0. The molecule has 1 atom stereocenters. The van der Waals surface area contributed by atoms with Gasteiger partial charge >= 0.3 is 0 Å². The van der Waals surface area contributed by atoms with E-state index in [1.54, 1.807) is 0 Å². The normalized spacial score (nSPS) is 13.1. The third-order valence-corrected chi connectivity index (χ3v) is 6.23. The van der Waals surface area contributed by atoms with Gasteiger partial charge in [-0.15, -0.1) is 0 Å². The molecule has 0 unspecified atom stereocenters. The second-order valence-electron chi connectivity index (χ2n) is 8.95. The van der Waals surface area contributed by atoms with Crippen LogP contribution in [0.25, 0.3) is 44.3 Å². The zero-order valence-electron chi connectivity index (χ0n) is 18.1. The number of aryl methyl sites for hydroxylation is 1. The Morgan fingerprint density at radius 1 is 0.833 bits per heavy atom. The minimum Gasteiger partial charge on any atom is -0.337 e. The van der Waals surface area contributed by atoms with Crippen molar-refractivity contribution < 1.29 is 9.67 Å². The summed E-state index contributed by atoms with van der Waals surface area (Å²) in [6.45, 7) is 8.55. The molecule has 1 aliphatic carbocycles. The van der Waals surface area contributed by atoms with E-state index in [2.05, 4.69) is 81.4 Å². The Morgan fingerprint density at radius 2 is 1.60 bits per heavy atom. The minimum absolute atomic E-state index is 0.609. The first-order chi connectivity index (χ1) is 14.5. The molecule has 1 N–H and O–H groups in total. The van der Waals surface area contributed by atoms with Crippen LogP contribution in [-0.4, -0.2) is 5.11 Å². The third-order valence-electron chi connectivity index (χ3n) is 6.23. The SMILES string of the molecule is Cc1cccc2c1-c1c3c(cccc3cc[n+]1[C@H](C)O)-c1ccc(CC(C)C)cc1-2. The van der Waals surface area contributed by atoms with Crippen molar-refractivity contribution in [3.63, 3.8) is 0 Å². The highest BCUT2D eigenvalue weighted by Crippen LogP contribution is 2.47. The van der Waals surface area contributed by atoms with Crippen LogP contribution in [-0.2, 0) is 6.42 Å². The summed E-state index contributed by atoms with van der Waals surface area (Å²) in [5.74, 6) is 0.615. The molecular formula is C28H28NO+. The molecule has 30 heavy (non-hydrogen) atoms. The van der Waals surface area contributed by atoms with E-state index in [1.807, 2.05) is 17.7 Å². The lowest BCUT2D eigenvalue weighted by Crippen LogP contribution is -2.40. The van der Waals surface area contributed by atoms with Gasteiger partial charge in [0.2, 0.25) is 5.69 Å². The summed E-state index contributed by atoms with van der Waals surface area (Å²) in [6, 6.07) is 22.2. The van der Waals surface area contributed by atoms with Crippen molar-refractivity contribution in [2.24, 2.45) is 5.92 Å². The van der Waals surface area contributed by atoms with Gasteiger partial charge in [-0.05, 0) is 58.0 Å². The molecule has 4 aromatic rings. The van der Waals surface area contributed by atoms with Crippen LogP contribution >= 0.6 is 0 Å². The monoisotopic (exact) mass is 394 g/mol. The predicted octanol–water partition coefficient (Wildman–Crippen LogP) is 6.46. The van der Waals surface area contributed by atoms with Crippen molar-refractivity contribution in [2.75, 3.05) is 0 Å². The predicted molar refractivity (Wildman–Crippen MR) is 124 cm³/mol. The maximum atomic E-state index is 10.6. The van der Waals surface area contributed by atoms with Gasteiger partial charge in [-0.1, -0.05) is 68.4 Å². The lowest BCUT2D eigenvalue weighted by atomic mass is 9.89. The number of pyridine rings is 1. The number of nitrogens with zero attached hydrogens (tertiary/aromatic N) is 1. The molecule has 0 bridgehead atoms. The summed E-state index contributed by atoms with van der Waals surface area (Å²) >= 11 is 0. The Balaban J connectivity index is 1.98. The number of aliphatic hydroxyl groups is 1. The van der Waals surface area contributed by atoms with Gasteiger partial charge in [0.05, 0.1) is 10.9 Å². The molecule has 3 aromatic carbocycles. The van der Waals surface area contributed by atoms with Crippen LogP contribution in [0.4, 0.5) is 0 Å². The lowest BCUT2D eigenvalue weighted by Gasteiger charge is -2.15. The Labute approximate surface area is 178 Å². The molecule has 1 aromatic heterocycles. The molecule has 0 aliphatic heterocycles. The molecule has 150 valence electrons. The van der Waals surface area contributed by atoms with E-state index >= 15 is 0 Å². The van der Waals surface area contributed by atoms with Crippen LogP contribution in [0, 0.1) is 12.8 Å². The van der Waals surface area contributed by atoms with Gasteiger partial charge in [-0.25, -0.2) is 0 Å². The summed E-state index contributed by atoms with van der Waals surface area (Å²) in [4.78, 5) is 0. The van der Waals surface area contributed by atoms with E-state index < -0.39 is 6.23 Å². The number of benzene rings is 3. The van der Waals surface area contributed by atoms with Gasteiger partial charge in [0.25, 0.3) is 6.23 Å². The molecule has 0 amide bonds. The summed E-state index contributed by atoms with van der Waals surface area (Å²) in [5.41, 5.74) is 9.96. The molecule has 1 heterocycles. The zero-order valence-corrected chi connectivity index (χ0v) is 18.1. The van der Waals surface area contributed by atoms with E-state index in [0.29, 0.717) is 5.92 Å². The standard InChI is InChI=1S/C28H28NO/c1-17(2)15-20-11-12-22-23-10-6-8-21-13-14-29(19(4)30)28(27(21)23)26-18(3)7-5-9-24(26)25(22)16-20/h5-14,16-17,19,30H,15H2,1-4H3/q+1/t19-/m0/s1. The number of hydrogen-bond acceptors (Lipinski definition) is 1. The summed E-state index contributed by atoms with van der Waals surface area (Å²) < 4.78 is 2.01. The number of rotatable bonds is 3. The minimum atomic E-state index is -0.609. The quantitative estimate of drug-likeness (QED) is 0.349. The third kappa shape index (κ3) is 2.86. The van der Waals surface area contributed by atoms with E-state index in [0.717, 1.165) is 12.1 Å². The van der Waals surface area contributed by atoms with Crippen LogP contribution in [0.1, 0.15) is 38.1 Å². The highest BCUT2D eigenvalue weighted by Gasteiger charge is 2.30. The first-order valence-electron chi connectivity index (χ1n) is 10.8. The molecule has 0 spiro atoms. The van der Waals surface area contributed by atoms with Crippen LogP contribution in [0.2, 0.25) is 0 Å². The number of hydrogen-bond donors (Lipinski definition) is 1. The van der Waals surface area contributed by atoms with Gasteiger partial charge in [-0.3, -0.25) is 0 Å². The van der Waals surface area contributed by atoms with Gasteiger partial charge in [0.1, 0.15) is 0 Å². The van der Waals surface area contributed by atoms with Crippen molar-refractivity contribution in [3.8, 4) is 33.5 Å². The Bertz CT molecular complexity index is 1280. The number of aromatic nitrogens is 1. The molecule has 2 heteroatoms. The van der Waals surface area contributed by atoms with Gasteiger partial charge in [-0.2, -0.15) is 4.57 Å². The fourth-order valence-corrected chi connectivity index (χ4v) is 4.98. The Morgan fingerprint density at radius 3 is 2.37 bits per heavy atom. The van der Waals surface area contributed by atoms with Crippen molar-refractivity contribution in [1.82, 2.24) is 0 Å². The average Bonchev–Trinajstić information content (AvgIpc) is 2.83. The number of fused-ring (bicyclic) bond motifs is 5. The largest absolute Gasteiger partial charge is 0.337 e. The van der Waals surface area contributed by atoms with Gasteiger partial charge in [0.15, 0.2) is 6.20 Å². The molecule has 0 fully saturated rings. The maximum absolute atomic E-state index is 10.6. The Hall–Kier alpha value is -2.97. The molecule has 0 saturated carbocycles. The maximum Gasteiger partial charge on any atom is 0.257 e. The van der Waals surface area contributed by atoms with E-state index in [-0.39, 0.29) is 0 Å². The molecule has 0 radical (unpaired) electrons. The fraction of sp³-hybridized carbons (Fsp3) is 0.250. The summed E-state index contributed by atoms with van der Waals surface area (Å²) in [5, 5.41) is 13.1. The van der Waals surface area contributed by atoms with Crippen molar-refractivity contribution in [3.05, 3.63) is 78.0 Å². The van der Waals surface area contributed by atoms with Gasteiger partial charge in [0, 0.05) is 13.0 Å². The number of aliphatic hydroxyl groups excluding tert-OH is 1. The molecule has 5 rings (SSSR count). The van der Waals surface area contributed by atoms with Crippen LogP contribution in [0.3, 0.4) is 0 Å². The second-order valence-corrected chi connectivity index (χ2v) is 8.95.